The molecule has 0 amide bonds. The van der Waals surface area contributed by atoms with Gasteiger partial charge < -0.3 is 14.9 Å². The van der Waals surface area contributed by atoms with Gasteiger partial charge in [-0.05, 0) is 47.4 Å². The van der Waals surface area contributed by atoms with Crippen LogP contribution in [-0.4, -0.2) is 10.2 Å². The van der Waals surface area contributed by atoms with Gasteiger partial charge in [0, 0.05) is 16.7 Å². The van der Waals surface area contributed by atoms with Crippen LogP contribution in [0.25, 0.3) is 22.3 Å². The van der Waals surface area contributed by atoms with Gasteiger partial charge in [0.05, 0.1) is 6.10 Å². The van der Waals surface area contributed by atoms with Crippen LogP contribution in [0, 0.1) is 23.3 Å². The number of hydrogen-bond acceptors (Lipinski definition) is 3. The highest BCUT2D eigenvalue weighted by atomic mass is 19.2. The topological polar surface area (TPSA) is 49.7 Å². The van der Waals surface area contributed by atoms with Crippen molar-refractivity contribution in [2.45, 2.75) is 32.5 Å². The van der Waals surface area contributed by atoms with Gasteiger partial charge in [-0.15, -0.1) is 0 Å². The van der Waals surface area contributed by atoms with Gasteiger partial charge >= 0.3 is 0 Å². The van der Waals surface area contributed by atoms with Crippen molar-refractivity contribution in [1.29, 1.82) is 0 Å². The second-order valence-electron chi connectivity index (χ2n) is 8.40. The Morgan fingerprint density at radius 3 is 1.86 bits per heavy atom. The third kappa shape index (κ3) is 5.21. The molecule has 0 spiro atoms. The SMILES string of the molecule is CCCC(O)c1ccc(-c2ccc(COc3ccc(-c4ccc(O)c(F)c4F)cc3)c(F)c2F)cc1. The lowest BCUT2D eigenvalue weighted by Gasteiger charge is -2.13. The van der Waals surface area contributed by atoms with Crippen LogP contribution in [0.5, 0.6) is 11.5 Å². The largest absolute Gasteiger partial charge is 0.505 e. The minimum Gasteiger partial charge on any atom is -0.505 e. The first-order chi connectivity index (χ1) is 17.3. The second kappa shape index (κ2) is 10.8. The van der Waals surface area contributed by atoms with Crippen LogP contribution in [0.1, 0.15) is 37.0 Å². The molecule has 0 aliphatic carbocycles. The van der Waals surface area contributed by atoms with E-state index in [-0.39, 0.29) is 23.3 Å². The molecule has 0 heterocycles. The van der Waals surface area contributed by atoms with Gasteiger partial charge in [0.15, 0.2) is 23.2 Å². The van der Waals surface area contributed by atoms with E-state index in [1.807, 2.05) is 6.92 Å². The van der Waals surface area contributed by atoms with Crippen molar-refractivity contribution >= 4 is 0 Å². The molecule has 0 aliphatic rings. The van der Waals surface area contributed by atoms with Crippen LogP contribution >= 0.6 is 0 Å². The van der Waals surface area contributed by atoms with Gasteiger partial charge in [0.25, 0.3) is 0 Å². The quantitative estimate of drug-likeness (QED) is 0.246. The molecule has 0 aromatic heterocycles. The fourth-order valence-electron chi connectivity index (χ4n) is 3.90. The summed E-state index contributed by atoms with van der Waals surface area (Å²) >= 11 is 0. The molecule has 7 heteroatoms. The summed E-state index contributed by atoms with van der Waals surface area (Å²) in [6.45, 7) is 1.73. The Hall–Kier alpha value is -3.84. The Bertz CT molecular complexity index is 1350. The summed E-state index contributed by atoms with van der Waals surface area (Å²) in [5.74, 6) is -4.99. The van der Waals surface area contributed by atoms with Crippen LogP contribution < -0.4 is 4.74 Å². The number of ether oxygens (including phenoxy) is 1. The van der Waals surface area contributed by atoms with E-state index in [0.717, 1.165) is 18.1 Å². The summed E-state index contributed by atoms with van der Waals surface area (Å²) in [6.07, 6.45) is 0.847. The lowest BCUT2D eigenvalue weighted by molar-refractivity contribution is 0.166. The Balaban J connectivity index is 1.46. The number of phenols is 1. The molecule has 0 saturated carbocycles. The number of aromatic hydroxyl groups is 1. The van der Waals surface area contributed by atoms with E-state index in [4.69, 9.17) is 4.74 Å². The minimum absolute atomic E-state index is 0.0157. The molecule has 0 saturated heterocycles. The van der Waals surface area contributed by atoms with Crippen molar-refractivity contribution in [2.75, 3.05) is 0 Å². The monoisotopic (exact) mass is 496 g/mol. The average Bonchev–Trinajstić information content (AvgIpc) is 2.89. The van der Waals surface area contributed by atoms with Crippen molar-refractivity contribution in [3.05, 3.63) is 107 Å². The molecule has 0 radical (unpaired) electrons. The molecule has 3 nitrogen and oxygen atoms in total. The zero-order valence-electron chi connectivity index (χ0n) is 19.4. The first kappa shape index (κ1) is 25.3. The molecule has 1 unspecified atom stereocenters. The Kier molecular flexibility index (Phi) is 7.60. The molecule has 186 valence electrons. The predicted octanol–water partition coefficient (Wildman–Crippen LogP) is 7.70. The molecule has 0 bridgehead atoms. The third-order valence-electron chi connectivity index (χ3n) is 5.95. The number of halogens is 4. The van der Waals surface area contributed by atoms with Gasteiger partial charge in [-0.1, -0.05) is 61.9 Å². The normalized spacial score (nSPS) is 11.9. The van der Waals surface area contributed by atoms with E-state index in [9.17, 15) is 27.8 Å². The van der Waals surface area contributed by atoms with Crippen LogP contribution in [-0.2, 0) is 6.61 Å². The van der Waals surface area contributed by atoms with Crippen molar-refractivity contribution in [3.63, 3.8) is 0 Å². The highest BCUT2D eigenvalue weighted by Gasteiger charge is 2.17. The lowest BCUT2D eigenvalue weighted by Crippen LogP contribution is -2.02. The van der Waals surface area contributed by atoms with Crippen LogP contribution in [0.4, 0.5) is 17.6 Å². The highest BCUT2D eigenvalue weighted by molar-refractivity contribution is 5.66. The standard InChI is InChI=1S/C29H24F4O3/c1-2-3-24(34)19-6-4-17(5-7-19)22-13-10-20(26(30)27(22)31)16-36-21-11-8-18(9-12-21)23-14-15-25(35)29(33)28(23)32/h4-15,24,34-35H,2-3,16H2,1H3. The maximum atomic E-state index is 14.8. The van der Waals surface area contributed by atoms with E-state index in [1.165, 1.54) is 42.5 Å². The summed E-state index contributed by atoms with van der Waals surface area (Å²) in [7, 11) is 0. The van der Waals surface area contributed by atoms with Crippen LogP contribution in [0.3, 0.4) is 0 Å². The average molecular weight is 497 g/mol. The van der Waals surface area contributed by atoms with Gasteiger partial charge in [0.1, 0.15) is 12.4 Å². The Labute approximate surface area is 206 Å². The van der Waals surface area contributed by atoms with Gasteiger partial charge in [-0.2, -0.15) is 4.39 Å². The predicted molar refractivity (Wildman–Crippen MR) is 129 cm³/mol. The Morgan fingerprint density at radius 1 is 0.694 bits per heavy atom. The summed E-state index contributed by atoms with van der Waals surface area (Å²) in [6, 6.07) is 17.9. The molecule has 36 heavy (non-hydrogen) atoms. The third-order valence-corrected chi connectivity index (χ3v) is 5.95. The maximum absolute atomic E-state index is 14.8. The van der Waals surface area contributed by atoms with E-state index in [2.05, 4.69) is 0 Å². The molecule has 4 rings (SSSR count). The van der Waals surface area contributed by atoms with E-state index in [0.29, 0.717) is 23.3 Å². The smallest absolute Gasteiger partial charge is 0.200 e. The second-order valence-corrected chi connectivity index (χ2v) is 8.40. The lowest BCUT2D eigenvalue weighted by atomic mass is 9.98. The van der Waals surface area contributed by atoms with E-state index < -0.39 is 35.1 Å². The molecule has 0 aliphatic heterocycles. The fraction of sp³-hybridized carbons (Fsp3) is 0.172. The first-order valence-electron chi connectivity index (χ1n) is 11.5. The summed E-state index contributed by atoms with van der Waals surface area (Å²) in [5, 5.41) is 19.4. The molecule has 2 N–H and O–H groups in total. The van der Waals surface area contributed by atoms with Crippen LogP contribution in [0.15, 0.2) is 72.8 Å². The number of rotatable bonds is 8. The number of aliphatic hydroxyl groups excluding tert-OH is 1. The summed E-state index contributed by atoms with van der Waals surface area (Å²) in [4.78, 5) is 0. The molecular weight excluding hydrogens is 472 g/mol. The minimum atomic E-state index is -1.33. The van der Waals surface area contributed by atoms with Crippen molar-refractivity contribution < 1.29 is 32.5 Å². The Morgan fingerprint density at radius 2 is 1.25 bits per heavy atom. The van der Waals surface area contributed by atoms with Crippen molar-refractivity contribution in [1.82, 2.24) is 0 Å². The molecule has 1 atom stereocenters. The summed E-state index contributed by atoms with van der Waals surface area (Å²) < 4.78 is 62.9. The van der Waals surface area contributed by atoms with Crippen molar-refractivity contribution in [3.8, 4) is 33.8 Å². The highest BCUT2D eigenvalue weighted by Crippen LogP contribution is 2.31. The zero-order valence-corrected chi connectivity index (χ0v) is 19.4. The van der Waals surface area contributed by atoms with Crippen LogP contribution in [0.2, 0.25) is 0 Å². The van der Waals surface area contributed by atoms with Crippen molar-refractivity contribution in [2.24, 2.45) is 0 Å². The number of phenolic OH excluding ortho intramolecular Hbond substituents is 1. The zero-order chi connectivity index (χ0) is 25.8. The fourth-order valence-corrected chi connectivity index (χ4v) is 3.90. The van der Waals surface area contributed by atoms with Gasteiger partial charge in [0.2, 0.25) is 5.82 Å². The van der Waals surface area contributed by atoms with Gasteiger partial charge in [-0.3, -0.25) is 0 Å². The number of aliphatic hydroxyl groups is 1. The molecule has 4 aromatic carbocycles. The molecular formula is C29H24F4O3. The number of benzene rings is 4. The molecule has 0 fully saturated rings. The van der Waals surface area contributed by atoms with E-state index >= 15 is 0 Å². The summed E-state index contributed by atoms with van der Waals surface area (Å²) in [5.41, 5.74) is 1.64. The maximum Gasteiger partial charge on any atom is 0.200 e. The van der Waals surface area contributed by atoms with E-state index in [1.54, 1.807) is 24.3 Å². The first-order valence-corrected chi connectivity index (χ1v) is 11.5. The molecule has 4 aromatic rings. The number of hydrogen-bond donors (Lipinski definition) is 2. The van der Waals surface area contributed by atoms with Gasteiger partial charge in [-0.25, -0.2) is 13.2 Å².